The second-order valence-corrected chi connectivity index (χ2v) is 4.80. The molecule has 1 aromatic carbocycles. The van der Waals surface area contributed by atoms with Gasteiger partial charge >= 0.3 is 0 Å². The fourth-order valence-electron chi connectivity index (χ4n) is 2.10. The van der Waals surface area contributed by atoms with Crippen molar-refractivity contribution >= 4 is 11.6 Å². The highest BCUT2D eigenvalue weighted by molar-refractivity contribution is 6.24. The van der Waals surface area contributed by atoms with Gasteiger partial charge in [-0.25, -0.2) is 0 Å². The van der Waals surface area contributed by atoms with Crippen molar-refractivity contribution in [2.75, 3.05) is 0 Å². The third-order valence-electron chi connectivity index (χ3n) is 3.09. The topological polar surface area (TPSA) is 20.2 Å². The second-order valence-electron chi connectivity index (χ2n) is 4.20. The van der Waals surface area contributed by atoms with Crippen molar-refractivity contribution < 1.29 is 5.11 Å². The second kappa shape index (κ2) is 4.44. The number of halogens is 1. The summed E-state index contributed by atoms with van der Waals surface area (Å²) in [5.74, 6) is 0.0893. The standard InChI is InChI=1S/C14H15ClO/c1-11(12-7-3-2-4-8-12)13-9-5-6-10-14(13,15)16/h2-11,13,16H,1H3. The molecule has 1 aliphatic rings. The van der Waals surface area contributed by atoms with Crippen molar-refractivity contribution in [3.05, 3.63) is 60.2 Å². The number of hydrogen-bond donors (Lipinski definition) is 1. The molecular formula is C14H15ClO. The van der Waals surface area contributed by atoms with E-state index in [0.29, 0.717) is 0 Å². The van der Waals surface area contributed by atoms with Crippen LogP contribution in [0.4, 0.5) is 0 Å². The van der Waals surface area contributed by atoms with Crippen LogP contribution in [0.5, 0.6) is 0 Å². The van der Waals surface area contributed by atoms with E-state index in [1.807, 2.05) is 30.4 Å². The molecule has 0 amide bonds. The minimum Gasteiger partial charge on any atom is -0.371 e. The maximum absolute atomic E-state index is 10.1. The molecule has 0 saturated heterocycles. The Hall–Kier alpha value is -1.05. The summed E-state index contributed by atoms with van der Waals surface area (Å²) in [5.41, 5.74) is 1.19. The number of allylic oxidation sites excluding steroid dienone is 2. The van der Waals surface area contributed by atoms with Crippen molar-refractivity contribution in [3.63, 3.8) is 0 Å². The maximum atomic E-state index is 10.1. The van der Waals surface area contributed by atoms with Crippen LogP contribution in [0.15, 0.2) is 54.6 Å². The van der Waals surface area contributed by atoms with E-state index < -0.39 is 5.06 Å². The Morgan fingerprint density at radius 2 is 1.94 bits per heavy atom. The van der Waals surface area contributed by atoms with Gasteiger partial charge in [0, 0.05) is 5.92 Å². The summed E-state index contributed by atoms with van der Waals surface area (Å²) < 4.78 is 0. The number of rotatable bonds is 2. The van der Waals surface area contributed by atoms with Gasteiger partial charge in [0.1, 0.15) is 0 Å². The van der Waals surface area contributed by atoms with E-state index in [1.54, 1.807) is 12.2 Å². The first-order chi connectivity index (χ1) is 7.61. The van der Waals surface area contributed by atoms with Crippen LogP contribution in [-0.2, 0) is 0 Å². The molecule has 2 heteroatoms. The van der Waals surface area contributed by atoms with E-state index in [2.05, 4.69) is 19.1 Å². The van der Waals surface area contributed by atoms with Gasteiger partial charge in [-0.05, 0) is 17.6 Å². The molecule has 84 valence electrons. The summed E-state index contributed by atoms with van der Waals surface area (Å²) in [6.07, 6.45) is 7.31. The molecule has 0 fully saturated rings. The lowest BCUT2D eigenvalue weighted by atomic mass is 9.81. The van der Waals surface area contributed by atoms with Crippen LogP contribution >= 0.6 is 11.6 Å². The van der Waals surface area contributed by atoms with Gasteiger partial charge in [0.05, 0.1) is 0 Å². The Balaban J connectivity index is 2.26. The van der Waals surface area contributed by atoms with E-state index in [4.69, 9.17) is 11.6 Å². The highest BCUT2D eigenvalue weighted by Gasteiger charge is 2.35. The summed E-state index contributed by atoms with van der Waals surface area (Å²) in [5, 5.41) is 8.82. The van der Waals surface area contributed by atoms with E-state index in [1.165, 1.54) is 5.56 Å². The smallest absolute Gasteiger partial charge is 0.164 e. The molecule has 1 aliphatic carbocycles. The molecule has 0 heterocycles. The Kier molecular flexibility index (Phi) is 3.17. The third kappa shape index (κ3) is 2.21. The molecule has 0 radical (unpaired) electrons. The Labute approximate surface area is 101 Å². The first-order valence-corrected chi connectivity index (χ1v) is 5.81. The van der Waals surface area contributed by atoms with Gasteiger partial charge in [-0.1, -0.05) is 67.1 Å². The van der Waals surface area contributed by atoms with Gasteiger partial charge in [0.15, 0.2) is 5.06 Å². The zero-order valence-corrected chi connectivity index (χ0v) is 9.93. The quantitative estimate of drug-likeness (QED) is 0.777. The van der Waals surface area contributed by atoms with Gasteiger partial charge in [-0.3, -0.25) is 0 Å². The molecule has 0 aliphatic heterocycles. The number of hydrogen-bond acceptors (Lipinski definition) is 1. The molecule has 0 spiro atoms. The number of benzene rings is 1. The lowest BCUT2D eigenvalue weighted by Crippen LogP contribution is -2.33. The zero-order chi connectivity index (χ0) is 11.6. The van der Waals surface area contributed by atoms with Crippen molar-refractivity contribution in [1.29, 1.82) is 0 Å². The van der Waals surface area contributed by atoms with Crippen molar-refractivity contribution in [1.82, 2.24) is 0 Å². The number of alkyl halides is 1. The summed E-state index contributed by atoms with van der Waals surface area (Å²) >= 11 is 6.10. The van der Waals surface area contributed by atoms with Gasteiger partial charge < -0.3 is 5.11 Å². The average Bonchev–Trinajstić information content (AvgIpc) is 2.29. The zero-order valence-electron chi connectivity index (χ0n) is 9.18. The van der Waals surface area contributed by atoms with Crippen LogP contribution < -0.4 is 0 Å². The first kappa shape index (κ1) is 11.4. The lowest BCUT2D eigenvalue weighted by molar-refractivity contribution is 0.119. The molecular weight excluding hydrogens is 220 g/mol. The molecule has 3 unspecified atom stereocenters. The summed E-state index contributed by atoms with van der Waals surface area (Å²) in [4.78, 5) is 0. The number of aliphatic hydroxyl groups is 1. The molecule has 16 heavy (non-hydrogen) atoms. The summed E-state index contributed by atoms with van der Waals surface area (Å²) in [6, 6.07) is 10.1. The van der Waals surface area contributed by atoms with Crippen molar-refractivity contribution in [3.8, 4) is 0 Å². The summed E-state index contributed by atoms with van der Waals surface area (Å²) in [7, 11) is 0. The Morgan fingerprint density at radius 3 is 2.56 bits per heavy atom. The molecule has 1 aromatic rings. The van der Waals surface area contributed by atoms with E-state index in [-0.39, 0.29) is 11.8 Å². The third-order valence-corrected chi connectivity index (χ3v) is 3.47. The van der Waals surface area contributed by atoms with E-state index in [9.17, 15) is 5.11 Å². The van der Waals surface area contributed by atoms with Gasteiger partial charge in [0.25, 0.3) is 0 Å². The Bertz CT molecular complexity index is 406. The summed E-state index contributed by atoms with van der Waals surface area (Å²) in [6.45, 7) is 2.08. The highest BCUT2D eigenvalue weighted by Crippen LogP contribution is 2.38. The monoisotopic (exact) mass is 234 g/mol. The lowest BCUT2D eigenvalue weighted by Gasteiger charge is -2.32. The predicted molar refractivity (Wildman–Crippen MR) is 67.4 cm³/mol. The largest absolute Gasteiger partial charge is 0.371 e. The van der Waals surface area contributed by atoms with Crippen LogP contribution in [0.3, 0.4) is 0 Å². The van der Waals surface area contributed by atoms with E-state index >= 15 is 0 Å². The molecule has 0 aromatic heterocycles. The normalized spacial score (nSPS) is 30.3. The van der Waals surface area contributed by atoms with Crippen molar-refractivity contribution in [2.45, 2.75) is 17.9 Å². The SMILES string of the molecule is CC(c1ccccc1)C1C=CC=CC1(O)Cl. The van der Waals surface area contributed by atoms with Crippen LogP contribution in [0, 0.1) is 5.92 Å². The van der Waals surface area contributed by atoms with Crippen molar-refractivity contribution in [2.24, 2.45) is 5.92 Å². The fourth-order valence-corrected chi connectivity index (χ4v) is 2.44. The molecule has 2 rings (SSSR count). The highest BCUT2D eigenvalue weighted by atomic mass is 35.5. The van der Waals surface area contributed by atoms with Crippen LogP contribution in [0.2, 0.25) is 0 Å². The van der Waals surface area contributed by atoms with Gasteiger partial charge in [-0.15, -0.1) is 0 Å². The molecule has 1 nitrogen and oxygen atoms in total. The van der Waals surface area contributed by atoms with E-state index in [0.717, 1.165) is 0 Å². The van der Waals surface area contributed by atoms with Gasteiger partial charge in [-0.2, -0.15) is 0 Å². The Morgan fingerprint density at radius 1 is 1.25 bits per heavy atom. The molecule has 0 saturated carbocycles. The minimum absolute atomic E-state index is 0.0958. The predicted octanol–water partition coefficient (Wildman–Crippen LogP) is 3.46. The van der Waals surface area contributed by atoms with Gasteiger partial charge in [0.2, 0.25) is 0 Å². The van der Waals surface area contributed by atoms with Crippen LogP contribution in [-0.4, -0.2) is 10.2 Å². The van der Waals surface area contributed by atoms with Crippen LogP contribution in [0.1, 0.15) is 18.4 Å². The maximum Gasteiger partial charge on any atom is 0.164 e. The molecule has 3 atom stereocenters. The minimum atomic E-state index is -1.27. The first-order valence-electron chi connectivity index (χ1n) is 5.43. The average molecular weight is 235 g/mol. The fraction of sp³-hybridized carbons (Fsp3) is 0.286. The van der Waals surface area contributed by atoms with Crippen LogP contribution in [0.25, 0.3) is 0 Å². The molecule has 1 N–H and O–H groups in total. The molecule has 0 bridgehead atoms.